The van der Waals surface area contributed by atoms with Crippen LogP contribution < -0.4 is 10.5 Å². The van der Waals surface area contributed by atoms with E-state index in [2.05, 4.69) is 0 Å². The van der Waals surface area contributed by atoms with Gasteiger partial charge in [-0.15, -0.1) is 0 Å². The number of nitrogens with zero attached hydrogens (tertiary/aromatic N) is 1. The van der Waals surface area contributed by atoms with E-state index in [0.29, 0.717) is 5.56 Å². The van der Waals surface area contributed by atoms with Gasteiger partial charge in [0.1, 0.15) is 11.6 Å². The van der Waals surface area contributed by atoms with E-state index in [0.717, 1.165) is 6.07 Å². The Morgan fingerprint density at radius 2 is 2.31 bits per heavy atom. The second kappa shape index (κ2) is 4.94. The van der Waals surface area contributed by atoms with Crippen LogP contribution in [0.5, 0.6) is 5.75 Å². The number of halogens is 1. The average molecular weight is 220 g/mol. The Morgan fingerprint density at radius 1 is 1.62 bits per heavy atom. The smallest absolute Gasteiger partial charge is 0.259 e. The maximum Gasteiger partial charge on any atom is 0.259 e. The van der Waals surface area contributed by atoms with Gasteiger partial charge in [0.05, 0.1) is 7.11 Å². The number of amides is 1. The van der Waals surface area contributed by atoms with E-state index in [1.807, 2.05) is 0 Å². The Bertz CT molecular complexity index is 489. The molecule has 0 saturated heterocycles. The topological polar surface area (TPSA) is 76.1 Å². The molecule has 0 atom stereocenters. The summed E-state index contributed by atoms with van der Waals surface area (Å²) in [4.78, 5) is 10.8. The SMILES string of the molecule is COc1ccc(/C=C(/C#N)C(N)=O)cc1F. The number of carbonyl (C=O) groups excluding carboxylic acids is 1. The molecule has 0 aliphatic heterocycles. The molecule has 1 aromatic rings. The molecule has 0 heterocycles. The molecule has 0 unspecified atom stereocenters. The van der Waals surface area contributed by atoms with Gasteiger partial charge in [0.25, 0.3) is 5.91 Å². The zero-order valence-electron chi connectivity index (χ0n) is 8.53. The second-order valence-electron chi connectivity index (χ2n) is 2.93. The van der Waals surface area contributed by atoms with Crippen LogP contribution in [-0.4, -0.2) is 13.0 Å². The first-order valence-corrected chi connectivity index (χ1v) is 4.33. The number of primary amides is 1. The lowest BCUT2D eigenvalue weighted by Crippen LogP contribution is -2.12. The molecule has 1 aromatic carbocycles. The molecule has 82 valence electrons. The van der Waals surface area contributed by atoms with Gasteiger partial charge in [-0.2, -0.15) is 5.26 Å². The van der Waals surface area contributed by atoms with E-state index < -0.39 is 11.7 Å². The fraction of sp³-hybridized carbons (Fsp3) is 0.0909. The van der Waals surface area contributed by atoms with E-state index in [-0.39, 0.29) is 11.3 Å². The van der Waals surface area contributed by atoms with Crippen molar-refractivity contribution in [2.24, 2.45) is 5.73 Å². The van der Waals surface area contributed by atoms with Crippen molar-refractivity contribution in [2.45, 2.75) is 0 Å². The molecule has 0 bridgehead atoms. The van der Waals surface area contributed by atoms with Gasteiger partial charge in [0.2, 0.25) is 0 Å². The predicted octanol–water partition coefficient (Wildman–Crippen LogP) is 1.23. The molecule has 5 heteroatoms. The molecule has 0 aliphatic carbocycles. The van der Waals surface area contributed by atoms with Crippen LogP contribution in [-0.2, 0) is 4.79 Å². The number of benzene rings is 1. The molecule has 0 saturated carbocycles. The Labute approximate surface area is 91.7 Å². The number of methoxy groups -OCH3 is 1. The Balaban J connectivity index is 3.12. The fourth-order valence-electron chi connectivity index (χ4n) is 1.10. The molecule has 0 fully saturated rings. The summed E-state index contributed by atoms with van der Waals surface area (Å²) < 4.78 is 18.0. The highest BCUT2D eigenvalue weighted by molar-refractivity contribution is 6.00. The third-order valence-electron chi connectivity index (χ3n) is 1.87. The molecule has 2 N–H and O–H groups in total. The summed E-state index contributed by atoms with van der Waals surface area (Å²) in [6.45, 7) is 0. The number of hydrogen-bond acceptors (Lipinski definition) is 3. The van der Waals surface area contributed by atoms with Crippen molar-refractivity contribution >= 4 is 12.0 Å². The van der Waals surface area contributed by atoms with Crippen molar-refractivity contribution in [1.29, 1.82) is 5.26 Å². The Kier molecular flexibility index (Phi) is 3.62. The van der Waals surface area contributed by atoms with E-state index in [4.69, 9.17) is 15.7 Å². The van der Waals surface area contributed by atoms with Crippen LogP contribution in [0.1, 0.15) is 5.56 Å². The Morgan fingerprint density at radius 3 is 2.75 bits per heavy atom. The van der Waals surface area contributed by atoms with Gasteiger partial charge in [-0.05, 0) is 23.8 Å². The normalized spacial score (nSPS) is 10.7. The molecular weight excluding hydrogens is 211 g/mol. The molecule has 0 spiro atoms. The number of ether oxygens (including phenoxy) is 1. The maximum atomic E-state index is 13.3. The highest BCUT2D eigenvalue weighted by Gasteiger charge is 2.06. The molecule has 0 aliphatic rings. The summed E-state index contributed by atoms with van der Waals surface area (Å²) >= 11 is 0. The fourth-order valence-corrected chi connectivity index (χ4v) is 1.10. The van der Waals surface area contributed by atoms with Gasteiger partial charge in [0, 0.05) is 0 Å². The van der Waals surface area contributed by atoms with Gasteiger partial charge >= 0.3 is 0 Å². The van der Waals surface area contributed by atoms with Crippen molar-refractivity contribution in [2.75, 3.05) is 7.11 Å². The lowest BCUT2D eigenvalue weighted by molar-refractivity contribution is -0.114. The quantitative estimate of drug-likeness (QED) is 0.614. The number of nitrogens with two attached hydrogens (primary N) is 1. The minimum Gasteiger partial charge on any atom is -0.494 e. The summed E-state index contributed by atoms with van der Waals surface area (Å²) in [5.74, 6) is -1.33. The van der Waals surface area contributed by atoms with Crippen molar-refractivity contribution < 1.29 is 13.9 Å². The van der Waals surface area contributed by atoms with E-state index in [9.17, 15) is 9.18 Å². The molecular formula is C11H9FN2O2. The monoisotopic (exact) mass is 220 g/mol. The van der Waals surface area contributed by atoms with Crippen molar-refractivity contribution in [3.8, 4) is 11.8 Å². The minimum absolute atomic E-state index is 0.0923. The van der Waals surface area contributed by atoms with Crippen LogP contribution in [0.4, 0.5) is 4.39 Å². The first-order chi connectivity index (χ1) is 7.58. The van der Waals surface area contributed by atoms with Crippen molar-refractivity contribution in [3.63, 3.8) is 0 Å². The number of hydrogen-bond donors (Lipinski definition) is 1. The lowest BCUT2D eigenvalue weighted by Gasteiger charge is -2.02. The third kappa shape index (κ3) is 2.58. The van der Waals surface area contributed by atoms with Gasteiger partial charge in [-0.25, -0.2) is 4.39 Å². The van der Waals surface area contributed by atoms with Gasteiger partial charge < -0.3 is 10.5 Å². The maximum absolute atomic E-state index is 13.3. The largest absolute Gasteiger partial charge is 0.494 e. The van der Waals surface area contributed by atoms with Gasteiger partial charge in [0.15, 0.2) is 11.6 Å². The van der Waals surface area contributed by atoms with Crippen LogP contribution in [0.3, 0.4) is 0 Å². The summed E-state index contributed by atoms with van der Waals surface area (Å²) in [5.41, 5.74) is 5.08. The van der Waals surface area contributed by atoms with E-state index >= 15 is 0 Å². The van der Waals surface area contributed by atoms with E-state index in [1.165, 1.54) is 25.3 Å². The van der Waals surface area contributed by atoms with Gasteiger partial charge in [-0.1, -0.05) is 6.07 Å². The van der Waals surface area contributed by atoms with E-state index in [1.54, 1.807) is 6.07 Å². The second-order valence-corrected chi connectivity index (χ2v) is 2.93. The number of rotatable bonds is 3. The first-order valence-electron chi connectivity index (χ1n) is 4.33. The van der Waals surface area contributed by atoms with Crippen molar-refractivity contribution in [3.05, 3.63) is 35.2 Å². The standard InChI is InChI=1S/C11H9FN2O2/c1-16-10-3-2-7(5-9(10)12)4-8(6-13)11(14)15/h2-5H,1H3,(H2,14,15)/b8-4-. The number of nitriles is 1. The minimum atomic E-state index is -0.848. The molecule has 1 amide bonds. The summed E-state index contributed by atoms with van der Waals surface area (Å²) in [5, 5.41) is 8.59. The summed E-state index contributed by atoms with van der Waals surface area (Å²) in [6.07, 6.45) is 1.21. The van der Waals surface area contributed by atoms with Crippen LogP contribution in [0.25, 0.3) is 6.08 Å². The zero-order chi connectivity index (χ0) is 12.1. The van der Waals surface area contributed by atoms with Crippen LogP contribution in [0.2, 0.25) is 0 Å². The summed E-state index contributed by atoms with van der Waals surface area (Å²) in [7, 11) is 1.35. The average Bonchev–Trinajstić information content (AvgIpc) is 2.25. The van der Waals surface area contributed by atoms with Crippen molar-refractivity contribution in [1.82, 2.24) is 0 Å². The van der Waals surface area contributed by atoms with Crippen LogP contribution in [0, 0.1) is 17.1 Å². The zero-order valence-corrected chi connectivity index (χ0v) is 8.53. The molecule has 0 radical (unpaired) electrons. The van der Waals surface area contributed by atoms with Crippen LogP contribution in [0.15, 0.2) is 23.8 Å². The van der Waals surface area contributed by atoms with Gasteiger partial charge in [-0.3, -0.25) is 4.79 Å². The first kappa shape index (κ1) is 11.7. The predicted molar refractivity (Wildman–Crippen MR) is 55.7 cm³/mol. The summed E-state index contributed by atoms with van der Waals surface area (Å²) in [6, 6.07) is 5.70. The highest BCUT2D eigenvalue weighted by Crippen LogP contribution is 2.19. The van der Waals surface area contributed by atoms with Crippen LogP contribution >= 0.6 is 0 Å². The molecule has 1 rings (SSSR count). The molecule has 0 aromatic heterocycles. The molecule has 4 nitrogen and oxygen atoms in total. The third-order valence-corrected chi connectivity index (χ3v) is 1.87. The number of carbonyl (C=O) groups is 1. The molecule has 16 heavy (non-hydrogen) atoms. The Hall–Kier alpha value is -2.35. The lowest BCUT2D eigenvalue weighted by atomic mass is 10.1. The highest BCUT2D eigenvalue weighted by atomic mass is 19.1.